The van der Waals surface area contributed by atoms with Gasteiger partial charge in [0.25, 0.3) is 5.91 Å². The molecule has 3 N–H and O–H groups in total. The minimum Gasteiger partial charge on any atom is -0.469 e. The zero-order valence-electron chi connectivity index (χ0n) is 20.9. The molecular weight excluding hydrogens is 436 g/mol. The fraction of sp³-hybridized carbons (Fsp3) is 0.654. The number of benzene rings is 1. The molecule has 2 rings (SSSR count). The van der Waals surface area contributed by atoms with Crippen LogP contribution in [0.2, 0.25) is 0 Å². The predicted molar refractivity (Wildman–Crippen MR) is 129 cm³/mol. The molecular formula is C26H40N2O6. The normalized spacial score (nSPS) is 17.0. The lowest BCUT2D eigenvalue weighted by Crippen LogP contribution is -2.53. The van der Waals surface area contributed by atoms with Crippen LogP contribution in [0.1, 0.15) is 70.4 Å². The van der Waals surface area contributed by atoms with Gasteiger partial charge in [-0.25, -0.2) is 4.79 Å². The largest absolute Gasteiger partial charge is 0.469 e. The quantitative estimate of drug-likeness (QED) is 0.445. The Morgan fingerprint density at radius 3 is 2.24 bits per heavy atom. The van der Waals surface area contributed by atoms with Gasteiger partial charge in [-0.05, 0) is 44.2 Å². The Hall–Kier alpha value is -2.45. The molecule has 8 nitrogen and oxygen atoms in total. The Kier molecular flexibility index (Phi) is 11.5. The van der Waals surface area contributed by atoms with E-state index >= 15 is 0 Å². The number of nitrogens with two attached hydrogens (primary N) is 1. The number of hydrogen-bond donors (Lipinski definition) is 2. The van der Waals surface area contributed by atoms with Crippen LogP contribution in [-0.4, -0.2) is 49.2 Å². The van der Waals surface area contributed by atoms with E-state index in [1.54, 1.807) is 31.2 Å². The fourth-order valence-corrected chi connectivity index (χ4v) is 4.21. The Labute approximate surface area is 202 Å². The summed E-state index contributed by atoms with van der Waals surface area (Å²) in [5, 5.41) is 2.71. The molecule has 3 unspecified atom stereocenters. The maximum absolute atomic E-state index is 12.9. The highest BCUT2D eigenvalue weighted by atomic mass is 16.5. The van der Waals surface area contributed by atoms with Gasteiger partial charge in [0.2, 0.25) is 0 Å². The molecule has 0 heterocycles. The van der Waals surface area contributed by atoms with Crippen molar-refractivity contribution in [3.8, 4) is 0 Å². The highest BCUT2D eigenvalue weighted by Gasteiger charge is 2.32. The molecule has 1 saturated carbocycles. The zero-order valence-corrected chi connectivity index (χ0v) is 20.9. The summed E-state index contributed by atoms with van der Waals surface area (Å²) in [6.45, 7) is 5.37. The molecule has 1 aliphatic rings. The summed E-state index contributed by atoms with van der Waals surface area (Å²) in [6, 6.07) is 5.86. The van der Waals surface area contributed by atoms with Gasteiger partial charge in [-0.3, -0.25) is 9.59 Å². The maximum atomic E-state index is 12.9. The summed E-state index contributed by atoms with van der Waals surface area (Å²) in [6.07, 6.45) is 5.86. The number of hydrogen-bond acceptors (Lipinski definition) is 7. The summed E-state index contributed by atoms with van der Waals surface area (Å²) >= 11 is 0. The standard InChI is InChI=1S/C26H40N2O6/c1-17(2)34-24(22(27)14-19-8-6-5-7-9-19)25(30)28-18(3)26(31)33-16-21-12-10-20(11-13-21)15-23(29)32-4/h10-13,17-19,22,24H,5-9,14-16,27H2,1-4H3,(H,28,30). The van der Waals surface area contributed by atoms with Crippen molar-refractivity contribution in [2.75, 3.05) is 7.11 Å². The van der Waals surface area contributed by atoms with Crippen molar-refractivity contribution >= 4 is 17.8 Å². The molecule has 1 fully saturated rings. The van der Waals surface area contributed by atoms with Crippen LogP contribution < -0.4 is 11.1 Å². The van der Waals surface area contributed by atoms with Crippen LogP contribution in [0.5, 0.6) is 0 Å². The van der Waals surface area contributed by atoms with Gasteiger partial charge in [-0.2, -0.15) is 0 Å². The summed E-state index contributed by atoms with van der Waals surface area (Å²) < 4.78 is 15.9. The Morgan fingerprint density at radius 1 is 1.03 bits per heavy atom. The first kappa shape index (κ1) is 27.8. The van der Waals surface area contributed by atoms with Gasteiger partial charge in [0.15, 0.2) is 6.10 Å². The maximum Gasteiger partial charge on any atom is 0.328 e. The van der Waals surface area contributed by atoms with Crippen molar-refractivity contribution in [1.29, 1.82) is 0 Å². The Bertz CT molecular complexity index is 789. The molecule has 0 spiro atoms. The smallest absolute Gasteiger partial charge is 0.328 e. The average Bonchev–Trinajstić information content (AvgIpc) is 2.82. The third kappa shape index (κ3) is 9.43. The lowest BCUT2D eigenvalue weighted by molar-refractivity contribution is -0.151. The molecule has 0 bridgehead atoms. The van der Waals surface area contributed by atoms with Gasteiger partial charge < -0.3 is 25.3 Å². The van der Waals surface area contributed by atoms with Gasteiger partial charge in [-0.15, -0.1) is 0 Å². The minimum absolute atomic E-state index is 0.0602. The molecule has 8 heteroatoms. The number of methoxy groups -OCH3 is 1. The Balaban J connectivity index is 1.86. The van der Waals surface area contributed by atoms with Gasteiger partial charge in [0.1, 0.15) is 12.6 Å². The van der Waals surface area contributed by atoms with E-state index in [0.29, 0.717) is 5.92 Å². The number of nitrogens with one attached hydrogen (secondary N) is 1. The van der Waals surface area contributed by atoms with E-state index in [2.05, 4.69) is 10.1 Å². The SMILES string of the molecule is COC(=O)Cc1ccc(COC(=O)C(C)NC(=O)C(OC(C)C)C(N)CC2CCCCC2)cc1. The number of rotatable bonds is 12. The van der Waals surface area contributed by atoms with E-state index in [1.807, 2.05) is 13.8 Å². The van der Waals surface area contributed by atoms with Crippen LogP contribution in [-0.2, 0) is 41.6 Å². The summed E-state index contributed by atoms with van der Waals surface area (Å²) in [5.41, 5.74) is 7.99. The first-order valence-corrected chi connectivity index (χ1v) is 12.2. The van der Waals surface area contributed by atoms with Gasteiger partial charge >= 0.3 is 11.9 Å². The van der Waals surface area contributed by atoms with Crippen molar-refractivity contribution in [3.05, 3.63) is 35.4 Å². The van der Waals surface area contributed by atoms with Crippen molar-refractivity contribution in [2.45, 2.75) is 96.6 Å². The van der Waals surface area contributed by atoms with Crippen LogP contribution in [0.15, 0.2) is 24.3 Å². The molecule has 1 aromatic rings. The van der Waals surface area contributed by atoms with Crippen LogP contribution in [0.25, 0.3) is 0 Å². The van der Waals surface area contributed by atoms with E-state index < -0.39 is 30.1 Å². The van der Waals surface area contributed by atoms with E-state index in [9.17, 15) is 14.4 Å². The number of amides is 1. The van der Waals surface area contributed by atoms with Crippen LogP contribution in [0, 0.1) is 5.92 Å². The van der Waals surface area contributed by atoms with Crippen LogP contribution in [0.3, 0.4) is 0 Å². The topological polar surface area (TPSA) is 117 Å². The summed E-state index contributed by atoms with van der Waals surface area (Å²) in [4.78, 5) is 36.8. The third-order valence-corrected chi connectivity index (χ3v) is 6.09. The first-order valence-electron chi connectivity index (χ1n) is 12.2. The molecule has 0 aliphatic heterocycles. The molecule has 0 radical (unpaired) electrons. The highest BCUT2D eigenvalue weighted by Crippen LogP contribution is 2.28. The third-order valence-electron chi connectivity index (χ3n) is 6.09. The zero-order chi connectivity index (χ0) is 25.1. The second-order valence-corrected chi connectivity index (χ2v) is 9.42. The number of carbonyl (C=O) groups is 3. The second-order valence-electron chi connectivity index (χ2n) is 9.42. The second kappa shape index (κ2) is 14.1. The van der Waals surface area contributed by atoms with Gasteiger partial charge in [0.05, 0.1) is 19.6 Å². The summed E-state index contributed by atoms with van der Waals surface area (Å²) in [5.74, 6) is -0.747. The molecule has 1 aromatic carbocycles. The van der Waals surface area contributed by atoms with Crippen LogP contribution in [0.4, 0.5) is 0 Å². The van der Waals surface area contributed by atoms with E-state index in [0.717, 1.165) is 30.4 Å². The van der Waals surface area contributed by atoms with Crippen LogP contribution >= 0.6 is 0 Å². The predicted octanol–water partition coefficient (Wildman–Crippen LogP) is 3.04. The van der Waals surface area contributed by atoms with Gasteiger partial charge in [0, 0.05) is 6.04 Å². The first-order chi connectivity index (χ1) is 16.2. The monoisotopic (exact) mass is 476 g/mol. The van der Waals surface area contributed by atoms with Crippen molar-refractivity contribution in [1.82, 2.24) is 5.32 Å². The molecule has 190 valence electrons. The number of ether oxygens (including phenoxy) is 3. The fourth-order valence-electron chi connectivity index (χ4n) is 4.21. The molecule has 0 saturated heterocycles. The lowest BCUT2D eigenvalue weighted by atomic mass is 9.84. The molecule has 3 atom stereocenters. The number of esters is 2. The minimum atomic E-state index is -0.841. The lowest BCUT2D eigenvalue weighted by Gasteiger charge is -2.30. The molecule has 1 amide bonds. The highest BCUT2D eigenvalue weighted by molar-refractivity contribution is 5.87. The molecule has 1 aliphatic carbocycles. The van der Waals surface area contributed by atoms with Gasteiger partial charge in [-0.1, -0.05) is 56.4 Å². The van der Waals surface area contributed by atoms with E-state index in [1.165, 1.54) is 26.4 Å². The van der Waals surface area contributed by atoms with Crippen molar-refractivity contribution in [3.63, 3.8) is 0 Å². The molecule has 34 heavy (non-hydrogen) atoms. The average molecular weight is 477 g/mol. The van der Waals surface area contributed by atoms with Crippen molar-refractivity contribution < 1.29 is 28.6 Å². The Morgan fingerprint density at radius 2 is 1.65 bits per heavy atom. The van der Waals surface area contributed by atoms with Crippen molar-refractivity contribution in [2.24, 2.45) is 11.7 Å². The van der Waals surface area contributed by atoms with E-state index in [4.69, 9.17) is 15.2 Å². The van der Waals surface area contributed by atoms with E-state index in [-0.39, 0.29) is 25.1 Å². The molecule has 0 aromatic heterocycles. The summed E-state index contributed by atoms with van der Waals surface area (Å²) in [7, 11) is 1.34. The number of carbonyl (C=O) groups excluding carboxylic acids is 3.